The Balaban J connectivity index is 2.27. The van der Waals surface area contributed by atoms with E-state index < -0.39 is 0 Å². The highest BCUT2D eigenvalue weighted by Crippen LogP contribution is 2.41. The van der Waals surface area contributed by atoms with Gasteiger partial charge in [0.15, 0.2) is 17.2 Å². The van der Waals surface area contributed by atoms with Crippen molar-refractivity contribution in [2.75, 3.05) is 0 Å². The second-order valence-corrected chi connectivity index (χ2v) is 9.45. The molecule has 0 bridgehead atoms. The van der Waals surface area contributed by atoms with Gasteiger partial charge < -0.3 is 4.57 Å². The van der Waals surface area contributed by atoms with E-state index in [1.54, 1.807) is 9.31 Å². The standard InChI is InChI=1S/C21H31N9/c1-11-28-13(3)25-30-19(28)15(17(27-30)21(7,8)9)23-24-18-14(22-10)16(20(4,5)6)26-29(18)12-2/h11-12H2,1-9H3/b24-23+. The van der Waals surface area contributed by atoms with Gasteiger partial charge in [0, 0.05) is 18.5 Å². The lowest BCUT2D eigenvalue weighted by atomic mass is 9.91. The highest BCUT2D eigenvalue weighted by Gasteiger charge is 2.29. The first-order valence-corrected chi connectivity index (χ1v) is 10.3. The van der Waals surface area contributed by atoms with Crippen LogP contribution in [-0.4, -0.2) is 29.2 Å². The SMILES string of the molecule is [C-]#[N+]c1c(C(C)(C)C)nn(CC)c1/N=N/c1c(C(C)(C)C)nn2nc(C)n(CC)c12. The molecule has 160 valence electrons. The lowest BCUT2D eigenvalue weighted by molar-refractivity contribution is 0.542. The number of rotatable bonds is 4. The fourth-order valence-corrected chi connectivity index (χ4v) is 3.48. The molecular formula is C21H31N9. The van der Waals surface area contributed by atoms with E-state index >= 15 is 0 Å². The van der Waals surface area contributed by atoms with Crippen LogP contribution in [0.5, 0.6) is 0 Å². The summed E-state index contributed by atoms with van der Waals surface area (Å²) < 4.78 is 5.46. The largest absolute Gasteiger partial charge is 0.310 e. The monoisotopic (exact) mass is 409 g/mol. The maximum atomic E-state index is 7.73. The lowest BCUT2D eigenvalue weighted by Gasteiger charge is -2.15. The number of hydrogen-bond donors (Lipinski definition) is 0. The van der Waals surface area contributed by atoms with E-state index in [-0.39, 0.29) is 10.8 Å². The third kappa shape index (κ3) is 3.51. The normalized spacial score (nSPS) is 12.9. The highest BCUT2D eigenvalue weighted by molar-refractivity contribution is 5.70. The van der Waals surface area contributed by atoms with Crippen molar-refractivity contribution in [2.24, 2.45) is 10.2 Å². The Hall–Kier alpha value is -3.02. The zero-order valence-corrected chi connectivity index (χ0v) is 19.4. The minimum Gasteiger partial charge on any atom is -0.310 e. The Bertz CT molecular complexity index is 1150. The molecule has 0 unspecified atom stereocenters. The van der Waals surface area contributed by atoms with Crippen LogP contribution < -0.4 is 0 Å². The number of aromatic nitrogens is 6. The van der Waals surface area contributed by atoms with Crippen LogP contribution in [0.1, 0.15) is 72.6 Å². The quantitative estimate of drug-likeness (QED) is 0.413. The number of fused-ring (bicyclic) bond motifs is 1. The summed E-state index contributed by atoms with van der Waals surface area (Å²) in [4.78, 5) is 3.75. The maximum absolute atomic E-state index is 7.73. The summed E-state index contributed by atoms with van der Waals surface area (Å²) in [6.45, 7) is 27.5. The molecule has 0 N–H and O–H groups in total. The van der Waals surface area contributed by atoms with Crippen LogP contribution in [0.15, 0.2) is 10.2 Å². The Labute approximate surface area is 177 Å². The highest BCUT2D eigenvalue weighted by atomic mass is 15.5. The van der Waals surface area contributed by atoms with E-state index in [0.29, 0.717) is 23.7 Å². The molecule has 0 fully saturated rings. The van der Waals surface area contributed by atoms with Crippen molar-refractivity contribution in [2.45, 2.75) is 86.2 Å². The predicted octanol–water partition coefficient (Wildman–Crippen LogP) is 5.64. The maximum Gasteiger partial charge on any atom is 0.255 e. The summed E-state index contributed by atoms with van der Waals surface area (Å²) in [7, 11) is 0. The molecule has 0 aromatic carbocycles. The first-order valence-electron chi connectivity index (χ1n) is 10.3. The molecule has 30 heavy (non-hydrogen) atoms. The molecule has 0 spiro atoms. The van der Waals surface area contributed by atoms with Gasteiger partial charge in [-0.05, 0) is 26.2 Å². The molecule has 9 nitrogen and oxygen atoms in total. The van der Waals surface area contributed by atoms with Crippen LogP contribution in [0.3, 0.4) is 0 Å². The van der Waals surface area contributed by atoms with Crippen molar-refractivity contribution in [3.05, 3.63) is 28.6 Å². The van der Waals surface area contributed by atoms with Crippen LogP contribution >= 0.6 is 0 Å². The van der Waals surface area contributed by atoms with Gasteiger partial charge in [-0.3, -0.25) is 4.68 Å². The number of hydrogen-bond acceptors (Lipinski definition) is 5. The molecule has 0 saturated heterocycles. The van der Waals surface area contributed by atoms with Gasteiger partial charge in [-0.1, -0.05) is 41.5 Å². The van der Waals surface area contributed by atoms with E-state index in [1.165, 1.54) is 0 Å². The van der Waals surface area contributed by atoms with E-state index in [1.807, 2.05) is 34.6 Å². The fraction of sp³-hybridized carbons (Fsp3) is 0.619. The zero-order valence-electron chi connectivity index (χ0n) is 19.4. The number of azo groups is 1. The Morgan fingerprint density at radius 2 is 1.53 bits per heavy atom. The topological polar surface area (TPSA) is 82.0 Å². The molecular weight excluding hydrogens is 378 g/mol. The second kappa shape index (κ2) is 7.35. The molecule has 0 radical (unpaired) electrons. The fourth-order valence-electron chi connectivity index (χ4n) is 3.48. The van der Waals surface area contributed by atoms with Gasteiger partial charge in [0.25, 0.3) is 5.69 Å². The zero-order chi connectivity index (χ0) is 22.4. The summed E-state index contributed by atoms with van der Waals surface area (Å²) >= 11 is 0. The van der Waals surface area contributed by atoms with Crippen molar-refractivity contribution >= 4 is 22.8 Å². The summed E-state index contributed by atoms with van der Waals surface area (Å²) in [6.07, 6.45) is 0. The van der Waals surface area contributed by atoms with Crippen molar-refractivity contribution < 1.29 is 0 Å². The molecule has 0 amide bonds. The summed E-state index contributed by atoms with van der Waals surface area (Å²) in [5, 5.41) is 23.1. The Kier molecular flexibility index (Phi) is 5.31. The summed E-state index contributed by atoms with van der Waals surface area (Å²) in [6, 6.07) is 0. The minimum atomic E-state index is -0.260. The van der Waals surface area contributed by atoms with Crippen LogP contribution in [0.25, 0.3) is 10.5 Å². The van der Waals surface area contributed by atoms with E-state index in [4.69, 9.17) is 11.7 Å². The Morgan fingerprint density at radius 1 is 0.900 bits per heavy atom. The van der Waals surface area contributed by atoms with Gasteiger partial charge in [-0.15, -0.1) is 20.0 Å². The Morgan fingerprint density at radius 3 is 2.03 bits per heavy atom. The molecule has 0 aliphatic carbocycles. The van der Waals surface area contributed by atoms with Gasteiger partial charge in [0.1, 0.15) is 5.82 Å². The van der Waals surface area contributed by atoms with Crippen LogP contribution in [0, 0.1) is 13.5 Å². The van der Waals surface area contributed by atoms with Gasteiger partial charge in [-0.2, -0.15) is 10.2 Å². The summed E-state index contributed by atoms with van der Waals surface area (Å²) in [5.41, 5.74) is 3.00. The van der Waals surface area contributed by atoms with E-state index in [0.717, 1.165) is 29.4 Å². The van der Waals surface area contributed by atoms with E-state index in [2.05, 4.69) is 57.5 Å². The van der Waals surface area contributed by atoms with Gasteiger partial charge in [0.2, 0.25) is 0 Å². The molecule has 0 aliphatic rings. The molecule has 0 aliphatic heterocycles. The minimum absolute atomic E-state index is 0.237. The van der Waals surface area contributed by atoms with E-state index in [9.17, 15) is 0 Å². The van der Waals surface area contributed by atoms with Crippen LogP contribution in [-0.2, 0) is 23.9 Å². The van der Waals surface area contributed by atoms with Crippen molar-refractivity contribution in [3.63, 3.8) is 0 Å². The molecule has 0 atom stereocenters. The first kappa shape index (κ1) is 21.7. The molecule has 9 heteroatoms. The number of aryl methyl sites for hydroxylation is 3. The molecule has 3 heterocycles. The van der Waals surface area contributed by atoms with Gasteiger partial charge >= 0.3 is 0 Å². The lowest BCUT2D eigenvalue weighted by Crippen LogP contribution is -2.13. The average Bonchev–Trinajstić information content (AvgIpc) is 3.27. The molecule has 0 saturated carbocycles. The van der Waals surface area contributed by atoms with Gasteiger partial charge in [-0.25, -0.2) is 4.85 Å². The third-order valence-electron chi connectivity index (χ3n) is 5.00. The average molecular weight is 410 g/mol. The van der Waals surface area contributed by atoms with Crippen molar-refractivity contribution in [3.8, 4) is 0 Å². The first-order chi connectivity index (χ1) is 13.9. The molecule has 3 aromatic heterocycles. The van der Waals surface area contributed by atoms with Crippen molar-refractivity contribution in [1.29, 1.82) is 0 Å². The third-order valence-corrected chi connectivity index (χ3v) is 5.00. The van der Waals surface area contributed by atoms with Crippen LogP contribution in [0.2, 0.25) is 0 Å². The number of nitrogens with zero attached hydrogens (tertiary/aromatic N) is 9. The van der Waals surface area contributed by atoms with Crippen molar-refractivity contribution in [1.82, 2.24) is 29.2 Å². The summed E-state index contributed by atoms with van der Waals surface area (Å²) in [5.74, 6) is 1.35. The second-order valence-electron chi connectivity index (χ2n) is 9.45. The molecule has 3 aromatic rings. The van der Waals surface area contributed by atoms with Crippen LogP contribution in [0.4, 0.5) is 17.2 Å². The predicted molar refractivity (Wildman–Crippen MR) is 117 cm³/mol. The van der Waals surface area contributed by atoms with Gasteiger partial charge in [0.05, 0.1) is 18.0 Å². The smallest absolute Gasteiger partial charge is 0.255 e. The molecule has 3 rings (SSSR count).